The van der Waals surface area contributed by atoms with Crippen molar-refractivity contribution in [2.24, 2.45) is 0 Å². The molecule has 4 rings (SSSR count). The summed E-state index contributed by atoms with van der Waals surface area (Å²) in [5, 5.41) is 11.9. The van der Waals surface area contributed by atoms with Crippen molar-refractivity contribution in [2.75, 3.05) is 11.1 Å². The highest BCUT2D eigenvalue weighted by Gasteiger charge is 2.18. The molecule has 0 radical (unpaired) electrons. The van der Waals surface area contributed by atoms with Gasteiger partial charge in [-0.1, -0.05) is 71.9 Å². The molecule has 0 aliphatic carbocycles. The number of carbonyl (C=O) groups is 1. The molecule has 0 spiro atoms. The minimum Gasteiger partial charge on any atom is -0.325 e. The number of thioether (sulfide) groups is 1. The number of rotatable bonds is 7. The maximum Gasteiger partial charge on any atom is 0.234 e. The van der Waals surface area contributed by atoms with Gasteiger partial charge in [-0.2, -0.15) is 0 Å². The van der Waals surface area contributed by atoms with Gasteiger partial charge in [0, 0.05) is 5.69 Å². The van der Waals surface area contributed by atoms with Crippen LogP contribution in [0.3, 0.4) is 0 Å². The summed E-state index contributed by atoms with van der Waals surface area (Å²) < 4.78 is 16.3. The standard InChI is InChI=1S/C24H21FN4OS/c1-17-11-13-19(14-12-17)26-22(30)16-31-24-28-27-23(20-9-5-6-10-21(20)25)29(24)15-18-7-3-2-4-8-18/h2-14H,15-16H2,1H3,(H,26,30). The fourth-order valence-electron chi connectivity index (χ4n) is 3.11. The maximum absolute atomic E-state index is 14.4. The Bertz CT molecular complexity index is 1180. The van der Waals surface area contributed by atoms with Gasteiger partial charge in [-0.05, 0) is 36.8 Å². The molecule has 3 aromatic carbocycles. The van der Waals surface area contributed by atoms with Gasteiger partial charge in [0.15, 0.2) is 11.0 Å². The van der Waals surface area contributed by atoms with Crippen LogP contribution < -0.4 is 5.32 Å². The Kier molecular flexibility index (Phi) is 6.43. The molecule has 1 heterocycles. The number of hydrogen-bond donors (Lipinski definition) is 1. The summed E-state index contributed by atoms with van der Waals surface area (Å²) in [5.74, 6) is 0.0924. The second kappa shape index (κ2) is 9.57. The highest BCUT2D eigenvalue weighted by atomic mass is 32.2. The molecular weight excluding hydrogens is 411 g/mol. The first-order chi connectivity index (χ1) is 15.1. The zero-order valence-corrected chi connectivity index (χ0v) is 17.8. The molecule has 4 aromatic rings. The van der Waals surface area contributed by atoms with E-state index >= 15 is 0 Å². The maximum atomic E-state index is 14.4. The summed E-state index contributed by atoms with van der Waals surface area (Å²) >= 11 is 1.27. The molecule has 5 nitrogen and oxygen atoms in total. The number of amides is 1. The van der Waals surface area contributed by atoms with E-state index in [1.54, 1.807) is 18.2 Å². The number of anilines is 1. The van der Waals surface area contributed by atoms with Crippen molar-refractivity contribution >= 4 is 23.4 Å². The van der Waals surface area contributed by atoms with Crippen LogP contribution in [0.2, 0.25) is 0 Å². The van der Waals surface area contributed by atoms with Gasteiger partial charge in [-0.25, -0.2) is 4.39 Å². The number of halogens is 1. The third-order valence-electron chi connectivity index (χ3n) is 4.68. The number of nitrogens with one attached hydrogen (secondary N) is 1. The SMILES string of the molecule is Cc1ccc(NC(=O)CSc2nnc(-c3ccccc3F)n2Cc2ccccc2)cc1. The first kappa shape index (κ1) is 20.8. The van der Waals surface area contributed by atoms with Crippen LogP contribution >= 0.6 is 11.8 Å². The summed E-state index contributed by atoms with van der Waals surface area (Å²) in [4.78, 5) is 12.4. The van der Waals surface area contributed by atoms with Crippen LogP contribution in [-0.2, 0) is 11.3 Å². The van der Waals surface area contributed by atoms with E-state index in [4.69, 9.17) is 0 Å². The van der Waals surface area contributed by atoms with Crippen molar-refractivity contribution in [3.63, 3.8) is 0 Å². The lowest BCUT2D eigenvalue weighted by molar-refractivity contribution is -0.113. The third-order valence-corrected chi connectivity index (χ3v) is 5.65. The van der Waals surface area contributed by atoms with Crippen molar-refractivity contribution in [1.82, 2.24) is 14.8 Å². The summed E-state index contributed by atoms with van der Waals surface area (Å²) in [6.45, 7) is 2.47. The summed E-state index contributed by atoms with van der Waals surface area (Å²) in [5.41, 5.74) is 3.28. The average Bonchev–Trinajstić information content (AvgIpc) is 3.17. The first-order valence-electron chi connectivity index (χ1n) is 9.81. The fourth-order valence-corrected chi connectivity index (χ4v) is 3.85. The predicted octanol–water partition coefficient (Wildman–Crippen LogP) is 5.17. The van der Waals surface area contributed by atoms with E-state index < -0.39 is 0 Å². The molecule has 0 bridgehead atoms. The molecule has 0 unspecified atom stereocenters. The third kappa shape index (κ3) is 5.19. The summed E-state index contributed by atoms with van der Waals surface area (Å²) in [6, 6.07) is 23.9. The van der Waals surface area contributed by atoms with Crippen molar-refractivity contribution < 1.29 is 9.18 Å². The Morgan fingerprint density at radius 2 is 1.68 bits per heavy atom. The number of nitrogens with zero attached hydrogens (tertiary/aromatic N) is 3. The zero-order chi connectivity index (χ0) is 21.6. The molecule has 31 heavy (non-hydrogen) atoms. The molecule has 0 fully saturated rings. The molecule has 0 atom stereocenters. The van der Waals surface area contributed by atoms with Crippen LogP contribution in [-0.4, -0.2) is 26.4 Å². The van der Waals surface area contributed by atoms with E-state index in [0.717, 1.165) is 16.8 Å². The molecule has 0 aliphatic heterocycles. The van der Waals surface area contributed by atoms with Crippen LogP contribution in [0.4, 0.5) is 10.1 Å². The van der Waals surface area contributed by atoms with Crippen LogP contribution in [0.25, 0.3) is 11.4 Å². The minimum absolute atomic E-state index is 0.143. The van der Waals surface area contributed by atoms with Crippen LogP contribution in [0, 0.1) is 12.7 Å². The number of aryl methyl sites for hydroxylation is 1. The van der Waals surface area contributed by atoms with Gasteiger partial charge < -0.3 is 5.32 Å². The monoisotopic (exact) mass is 432 g/mol. The first-order valence-corrected chi connectivity index (χ1v) is 10.8. The Hall–Kier alpha value is -3.45. The van der Waals surface area contributed by atoms with Crippen LogP contribution in [0.5, 0.6) is 0 Å². The quantitative estimate of drug-likeness (QED) is 0.409. The second-order valence-electron chi connectivity index (χ2n) is 7.06. The smallest absolute Gasteiger partial charge is 0.234 e. The molecule has 7 heteroatoms. The Labute approximate surface area is 184 Å². The summed E-state index contributed by atoms with van der Waals surface area (Å²) in [7, 11) is 0. The average molecular weight is 433 g/mol. The van der Waals surface area contributed by atoms with E-state index in [2.05, 4.69) is 15.5 Å². The fraction of sp³-hybridized carbons (Fsp3) is 0.125. The molecule has 0 saturated heterocycles. The van der Waals surface area contributed by atoms with Gasteiger partial charge in [-0.15, -0.1) is 10.2 Å². The highest BCUT2D eigenvalue weighted by molar-refractivity contribution is 7.99. The molecule has 1 amide bonds. The molecular formula is C24H21FN4OS. The van der Waals surface area contributed by atoms with Gasteiger partial charge in [-0.3, -0.25) is 9.36 Å². The van der Waals surface area contributed by atoms with Gasteiger partial charge in [0.25, 0.3) is 0 Å². The van der Waals surface area contributed by atoms with Gasteiger partial charge in [0.2, 0.25) is 5.91 Å². The number of aromatic nitrogens is 3. The Morgan fingerprint density at radius 3 is 2.42 bits per heavy atom. The number of carbonyl (C=O) groups excluding carboxylic acids is 1. The minimum atomic E-state index is -0.363. The largest absolute Gasteiger partial charge is 0.325 e. The van der Waals surface area contributed by atoms with E-state index in [1.807, 2.05) is 66.1 Å². The van der Waals surface area contributed by atoms with E-state index in [0.29, 0.717) is 23.1 Å². The lowest BCUT2D eigenvalue weighted by Gasteiger charge is -2.11. The molecule has 1 aromatic heterocycles. The van der Waals surface area contributed by atoms with Crippen molar-refractivity contribution in [1.29, 1.82) is 0 Å². The summed E-state index contributed by atoms with van der Waals surface area (Å²) in [6.07, 6.45) is 0. The lowest BCUT2D eigenvalue weighted by Crippen LogP contribution is -2.14. The Morgan fingerprint density at radius 1 is 0.968 bits per heavy atom. The zero-order valence-electron chi connectivity index (χ0n) is 17.0. The highest BCUT2D eigenvalue weighted by Crippen LogP contribution is 2.27. The Balaban J connectivity index is 1.56. The van der Waals surface area contributed by atoms with Gasteiger partial charge in [0.05, 0.1) is 17.9 Å². The molecule has 156 valence electrons. The molecule has 1 N–H and O–H groups in total. The normalized spacial score (nSPS) is 10.8. The van der Waals surface area contributed by atoms with Crippen LogP contribution in [0.15, 0.2) is 84.0 Å². The van der Waals surface area contributed by atoms with Gasteiger partial charge in [0.1, 0.15) is 5.82 Å². The van der Waals surface area contributed by atoms with E-state index in [1.165, 1.54) is 17.8 Å². The van der Waals surface area contributed by atoms with Crippen molar-refractivity contribution in [3.05, 3.63) is 95.8 Å². The topological polar surface area (TPSA) is 59.8 Å². The van der Waals surface area contributed by atoms with E-state index in [-0.39, 0.29) is 17.5 Å². The predicted molar refractivity (Wildman–Crippen MR) is 121 cm³/mol. The second-order valence-corrected chi connectivity index (χ2v) is 8.00. The van der Waals surface area contributed by atoms with Crippen LogP contribution in [0.1, 0.15) is 11.1 Å². The van der Waals surface area contributed by atoms with Crippen molar-refractivity contribution in [2.45, 2.75) is 18.6 Å². The lowest BCUT2D eigenvalue weighted by atomic mass is 10.2. The number of benzene rings is 3. The van der Waals surface area contributed by atoms with E-state index in [9.17, 15) is 9.18 Å². The molecule has 0 aliphatic rings. The van der Waals surface area contributed by atoms with Gasteiger partial charge >= 0.3 is 0 Å². The van der Waals surface area contributed by atoms with Crippen molar-refractivity contribution in [3.8, 4) is 11.4 Å². The number of hydrogen-bond acceptors (Lipinski definition) is 4. The molecule has 0 saturated carbocycles.